The first-order valence-electron chi connectivity index (χ1n) is 4.80. The molecule has 1 aliphatic carbocycles. The van der Waals surface area contributed by atoms with E-state index >= 15 is 0 Å². The maximum Gasteiger partial charge on any atom is 0.318 e. The molecule has 0 heterocycles. The number of nitrogens with one attached hydrogen (secondary N) is 1. The molecule has 14 heavy (non-hydrogen) atoms. The number of aliphatic carboxylic acids is 1. The zero-order valence-electron chi connectivity index (χ0n) is 8.89. The van der Waals surface area contributed by atoms with Crippen molar-refractivity contribution in [2.45, 2.75) is 33.6 Å². The van der Waals surface area contributed by atoms with E-state index in [4.69, 9.17) is 5.11 Å². The quantitative estimate of drug-likeness (QED) is 0.664. The average Bonchev–Trinajstić information content (AvgIpc) is 2.80. The van der Waals surface area contributed by atoms with Crippen molar-refractivity contribution in [3.8, 4) is 0 Å². The molecule has 4 nitrogen and oxygen atoms in total. The number of carbonyl (C=O) groups is 2. The number of carboxylic acid groups (broad SMARTS) is 1. The van der Waals surface area contributed by atoms with E-state index in [9.17, 15) is 9.59 Å². The predicted molar refractivity (Wildman–Crippen MR) is 51.8 cm³/mol. The molecule has 0 bridgehead atoms. The molecule has 0 unspecified atom stereocenters. The molecule has 4 heteroatoms. The first kappa shape index (κ1) is 11.0. The van der Waals surface area contributed by atoms with Gasteiger partial charge in [0.2, 0.25) is 5.91 Å². The van der Waals surface area contributed by atoms with E-state index in [0.717, 1.165) is 12.8 Å². The number of carbonyl (C=O) groups excluding carboxylic acids is 1. The summed E-state index contributed by atoms with van der Waals surface area (Å²) < 4.78 is 0. The molecule has 0 aromatic heterocycles. The second-order valence-corrected chi connectivity index (χ2v) is 4.92. The Kier molecular flexibility index (Phi) is 2.56. The topological polar surface area (TPSA) is 66.4 Å². The van der Waals surface area contributed by atoms with Crippen LogP contribution in [0.2, 0.25) is 0 Å². The minimum Gasteiger partial charge on any atom is -0.480 e. The molecular weight excluding hydrogens is 182 g/mol. The monoisotopic (exact) mass is 199 g/mol. The third-order valence-corrected chi connectivity index (χ3v) is 2.88. The number of amides is 1. The van der Waals surface area contributed by atoms with Gasteiger partial charge in [0.25, 0.3) is 0 Å². The van der Waals surface area contributed by atoms with Gasteiger partial charge in [-0.25, -0.2) is 0 Å². The zero-order valence-corrected chi connectivity index (χ0v) is 8.89. The molecule has 1 aliphatic rings. The molecule has 1 rings (SSSR count). The lowest BCUT2D eigenvalue weighted by Gasteiger charge is -2.19. The summed E-state index contributed by atoms with van der Waals surface area (Å²) in [5.41, 5.74) is -1.12. The van der Waals surface area contributed by atoms with Gasteiger partial charge in [-0.2, -0.15) is 0 Å². The van der Waals surface area contributed by atoms with Gasteiger partial charge in [-0.15, -0.1) is 0 Å². The number of hydrogen-bond acceptors (Lipinski definition) is 2. The molecule has 2 N–H and O–H groups in total. The van der Waals surface area contributed by atoms with Crippen LogP contribution in [0.15, 0.2) is 0 Å². The molecular formula is C10H17NO3. The Morgan fingerprint density at radius 2 is 1.93 bits per heavy atom. The smallest absolute Gasteiger partial charge is 0.318 e. The first-order chi connectivity index (χ1) is 6.28. The summed E-state index contributed by atoms with van der Waals surface area (Å²) in [5, 5.41) is 11.5. The van der Waals surface area contributed by atoms with Gasteiger partial charge in [-0.1, -0.05) is 6.92 Å². The molecule has 0 spiro atoms. The van der Waals surface area contributed by atoms with Gasteiger partial charge in [0, 0.05) is 6.54 Å². The summed E-state index contributed by atoms with van der Waals surface area (Å²) in [6.45, 7) is 5.50. The van der Waals surface area contributed by atoms with Gasteiger partial charge >= 0.3 is 5.97 Å². The maximum atomic E-state index is 11.5. The van der Waals surface area contributed by atoms with Crippen LogP contribution in [-0.2, 0) is 9.59 Å². The van der Waals surface area contributed by atoms with Gasteiger partial charge in [0.05, 0.1) is 0 Å². The fourth-order valence-corrected chi connectivity index (χ4v) is 1.00. The van der Waals surface area contributed by atoms with E-state index in [1.807, 2.05) is 0 Å². The average molecular weight is 199 g/mol. The normalized spacial score (nSPS) is 18.8. The summed E-state index contributed by atoms with van der Waals surface area (Å²) in [7, 11) is 0. The van der Waals surface area contributed by atoms with E-state index in [2.05, 4.69) is 12.2 Å². The Morgan fingerprint density at radius 1 is 1.43 bits per heavy atom. The van der Waals surface area contributed by atoms with Gasteiger partial charge < -0.3 is 10.4 Å². The van der Waals surface area contributed by atoms with Crippen molar-refractivity contribution in [2.75, 3.05) is 6.54 Å². The van der Waals surface area contributed by atoms with E-state index in [0.29, 0.717) is 6.54 Å². The first-order valence-corrected chi connectivity index (χ1v) is 4.80. The molecule has 0 atom stereocenters. The third kappa shape index (κ3) is 2.25. The van der Waals surface area contributed by atoms with Crippen LogP contribution in [0, 0.1) is 10.8 Å². The van der Waals surface area contributed by atoms with Crippen molar-refractivity contribution in [3.05, 3.63) is 0 Å². The highest BCUT2D eigenvalue weighted by atomic mass is 16.4. The number of rotatable bonds is 4. The minimum absolute atomic E-state index is 0.213. The van der Waals surface area contributed by atoms with E-state index in [1.54, 1.807) is 0 Å². The fraction of sp³-hybridized carbons (Fsp3) is 0.800. The Balaban J connectivity index is 2.45. The summed E-state index contributed by atoms with van der Waals surface area (Å²) in [6, 6.07) is 0. The summed E-state index contributed by atoms with van der Waals surface area (Å²) in [4.78, 5) is 22.2. The second-order valence-electron chi connectivity index (χ2n) is 4.92. The van der Waals surface area contributed by atoms with Crippen molar-refractivity contribution in [1.29, 1.82) is 0 Å². The van der Waals surface area contributed by atoms with Crippen molar-refractivity contribution in [1.82, 2.24) is 5.32 Å². The van der Waals surface area contributed by atoms with Crippen LogP contribution in [0.4, 0.5) is 0 Å². The fourth-order valence-electron chi connectivity index (χ4n) is 1.00. The van der Waals surface area contributed by atoms with E-state index in [-0.39, 0.29) is 5.41 Å². The van der Waals surface area contributed by atoms with Gasteiger partial charge in [-0.05, 0) is 32.1 Å². The van der Waals surface area contributed by atoms with Crippen molar-refractivity contribution in [2.24, 2.45) is 10.8 Å². The lowest BCUT2D eigenvalue weighted by molar-refractivity contribution is -0.153. The Bertz CT molecular complexity index is 267. The van der Waals surface area contributed by atoms with Crippen molar-refractivity contribution in [3.63, 3.8) is 0 Å². The molecule has 1 amide bonds. The molecule has 80 valence electrons. The number of carboxylic acids is 1. The second kappa shape index (κ2) is 3.26. The van der Waals surface area contributed by atoms with Gasteiger partial charge in [0.1, 0.15) is 5.41 Å². The van der Waals surface area contributed by atoms with Crippen molar-refractivity contribution >= 4 is 11.9 Å². The molecule has 0 saturated heterocycles. The van der Waals surface area contributed by atoms with E-state index in [1.165, 1.54) is 13.8 Å². The minimum atomic E-state index is -1.33. The molecule has 1 saturated carbocycles. The summed E-state index contributed by atoms with van der Waals surface area (Å²) >= 11 is 0. The molecule has 0 radical (unpaired) electrons. The highest BCUT2D eigenvalue weighted by Crippen LogP contribution is 2.44. The van der Waals surface area contributed by atoms with Gasteiger partial charge in [0.15, 0.2) is 0 Å². The Morgan fingerprint density at radius 3 is 2.29 bits per heavy atom. The zero-order chi connectivity index (χ0) is 11.0. The SMILES string of the molecule is CC1(CNC(=O)C(C)(C)C(=O)O)CC1. The predicted octanol–water partition coefficient (Wildman–Crippen LogP) is 1.01. The standard InChI is InChI=1S/C10H17NO3/c1-9(2,8(13)14)7(12)11-6-10(3)4-5-10/h4-6H2,1-3H3,(H,11,12)(H,13,14). The summed E-state index contributed by atoms with van der Waals surface area (Å²) in [5.74, 6) is -1.49. The lowest BCUT2D eigenvalue weighted by atomic mass is 9.92. The van der Waals surface area contributed by atoms with Crippen LogP contribution in [0.25, 0.3) is 0 Å². The van der Waals surface area contributed by atoms with Crippen LogP contribution in [0.1, 0.15) is 33.6 Å². The van der Waals surface area contributed by atoms with Crippen LogP contribution < -0.4 is 5.32 Å². The van der Waals surface area contributed by atoms with Gasteiger partial charge in [-0.3, -0.25) is 9.59 Å². The van der Waals surface area contributed by atoms with Crippen molar-refractivity contribution < 1.29 is 14.7 Å². The highest BCUT2D eigenvalue weighted by molar-refractivity contribution is 6.00. The molecule has 0 aromatic rings. The Hall–Kier alpha value is -1.06. The van der Waals surface area contributed by atoms with Crippen LogP contribution in [0.3, 0.4) is 0 Å². The Labute approximate surface area is 83.7 Å². The largest absolute Gasteiger partial charge is 0.480 e. The van der Waals surface area contributed by atoms with Crippen LogP contribution in [-0.4, -0.2) is 23.5 Å². The molecule has 0 aliphatic heterocycles. The molecule has 0 aromatic carbocycles. The van der Waals surface area contributed by atoms with E-state index < -0.39 is 17.3 Å². The molecule has 1 fully saturated rings. The lowest BCUT2D eigenvalue weighted by Crippen LogP contribution is -2.43. The summed E-state index contributed by atoms with van der Waals surface area (Å²) in [6.07, 6.45) is 2.22. The maximum absolute atomic E-state index is 11.5. The highest BCUT2D eigenvalue weighted by Gasteiger charge is 2.40. The van der Waals surface area contributed by atoms with Crippen LogP contribution in [0.5, 0.6) is 0 Å². The number of hydrogen-bond donors (Lipinski definition) is 2. The third-order valence-electron chi connectivity index (χ3n) is 2.88. The van der Waals surface area contributed by atoms with Crippen LogP contribution >= 0.6 is 0 Å².